The lowest BCUT2D eigenvalue weighted by Gasteiger charge is -2.31. The van der Waals surface area contributed by atoms with Crippen LogP contribution in [0.4, 0.5) is 28.5 Å². The van der Waals surface area contributed by atoms with Crippen LogP contribution in [-0.4, -0.2) is 64.3 Å². The van der Waals surface area contributed by atoms with Gasteiger partial charge in [-0.15, -0.1) is 0 Å². The molecule has 2 N–H and O–H groups in total. The fourth-order valence-electron chi connectivity index (χ4n) is 6.44. The maximum absolute atomic E-state index is 16.5. The van der Waals surface area contributed by atoms with E-state index in [1.807, 2.05) is 0 Å². The monoisotopic (exact) mass is 604 g/mol. The highest BCUT2D eigenvalue weighted by molar-refractivity contribution is 7.22. The van der Waals surface area contributed by atoms with Crippen molar-refractivity contribution in [3.05, 3.63) is 46.8 Å². The van der Waals surface area contributed by atoms with E-state index in [0.29, 0.717) is 25.9 Å². The van der Waals surface area contributed by atoms with Gasteiger partial charge in [-0.05, 0) is 50.1 Å². The number of hydrogen-bond donors (Lipinski definition) is 1. The lowest BCUT2D eigenvalue weighted by molar-refractivity contribution is 0.107. The molecule has 0 bridgehead atoms. The predicted molar refractivity (Wildman–Crippen MR) is 152 cm³/mol. The van der Waals surface area contributed by atoms with Crippen molar-refractivity contribution in [2.24, 2.45) is 0 Å². The van der Waals surface area contributed by atoms with Gasteiger partial charge in [0.2, 0.25) is 0 Å². The highest BCUT2D eigenvalue weighted by Crippen LogP contribution is 2.44. The molecule has 41 heavy (non-hydrogen) atoms. The van der Waals surface area contributed by atoms with Gasteiger partial charge in [-0.2, -0.15) is 9.97 Å². The number of benzene rings is 2. The third-order valence-corrected chi connectivity index (χ3v) is 9.45. The van der Waals surface area contributed by atoms with Crippen molar-refractivity contribution in [3.8, 4) is 17.1 Å². The Morgan fingerprint density at radius 3 is 2.83 bits per heavy atom. The molecule has 0 amide bonds. The van der Waals surface area contributed by atoms with Gasteiger partial charge in [-0.1, -0.05) is 22.9 Å². The van der Waals surface area contributed by atoms with Crippen LogP contribution in [0.3, 0.4) is 0 Å². The van der Waals surface area contributed by atoms with Crippen molar-refractivity contribution >= 4 is 55.0 Å². The Morgan fingerprint density at radius 2 is 2.00 bits per heavy atom. The fourth-order valence-corrected chi connectivity index (χ4v) is 7.50. The SMILES string of the molecule is Nc1nc2c(-c3c(Cl)cc4c(N5CCC=C(F)C5)nc(OCC56CCCN5CC(F)C6)nc4c3F)ccc(F)c2s1. The smallest absolute Gasteiger partial charge is 0.319 e. The number of anilines is 2. The van der Waals surface area contributed by atoms with Crippen molar-refractivity contribution in [2.45, 2.75) is 37.4 Å². The minimum atomic E-state index is -0.940. The first-order valence-electron chi connectivity index (χ1n) is 13.4. The van der Waals surface area contributed by atoms with E-state index in [-0.39, 0.29) is 73.2 Å². The topological polar surface area (TPSA) is 80.4 Å². The zero-order valence-corrected chi connectivity index (χ0v) is 23.3. The van der Waals surface area contributed by atoms with Crippen LogP contribution in [0.15, 0.2) is 30.1 Å². The summed E-state index contributed by atoms with van der Waals surface area (Å²) in [5.74, 6) is -1.36. The molecule has 7 rings (SSSR count). The molecule has 4 aromatic rings. The van der Waals surface area contributed by atoms with Gasteiger partial charge in [0.25, 0.3) is 0 Å². The summed E-state index contributed by atoms with van der Waals surface area (Å²) in [6.45, 7) is 1.68. The van der Waals surface area contributed by atoms with E-state index in [4.69, 9.17) is 22.1 Å². The average molecular weight is 605 g/mol. The van der Waals surface area contributed by atoms with Crippen molar-refractivity contribution in [3.63, 3.8) is 0 Å². The molecule has 3 aliphatic heterocycles. The van der Waals surface area contributed by atoms with Gasteiger partial charge in [0.05, 0.1) is 27.3 Å². The standard InChI is InChI=1S/C28H25ClF4N6OS/c29-18-9-17-22(21(33)20(18)16-4-5-19(32)24-23(16)35-26(34)41-24)36-27(37-25(17)38-7-1-3-14(30)11-38)40-13-28-6-2-8-39(28)12-15(31)10-28/h3-5,9,15H,1-2,6-8,10-13H2,(H2,34,35). The van der Waals surface area contributed by atoms with E-state index in [1.165, 1.54) is 24.3 Å². The molecular formula is C28H25ClF4N6OS. The normalized spacial score (nSPS) is 23.0. The first kappa shape index (κ1) is 26.7. The Bertz CT molecular complexity index is 1730. The van der Waals surface area contributed by atoms with Crippen molar-refractivity contribution in [2.75, 3.05) is 43.4 Å². The van der Waals surface area contributed by atoms with Gasteiger partial charge in [-0.3, -0.25) is 4.90 Å². The number of halogens is 5. The number of thiazole rings is 1. The third-order valence-electron chi connectivity index (χ3n) is 8.26. The van der Waals surface area contributed by atoms with E-state index in [0.717, 1.165) is 30.7 Å². The van der Waals surface area contributed by atoms with Crippen molar-refractivity contribution < 1.29 is 22.3 Å². The number of ether oxygens (including phenoxy) is 1. The first-order chi connectivity index (χ1) is 19.7. The Kier molecular flexibility index (Phi) is 6.47. The number of aromatic nitrogens is 3. The second kappa shape index (κ2) is 9.95. The molecule has 214 valence electrons. The highest BCUT2D eigenvalue weighted by Gasteiger charge is 2.49. The average Bonchev–Trinajstić information content (AvgIpc) is 3.60. The van der Waals surface area contributed by atoms with Gasteiger partial charge in [-0.25, -0.2) is 22.5 Å². The molecule has 0 spiro atoms. The molecule has 2 saturated heterocycles. The van der Waals surface area contributed by atoms with Crippen LogP contribution < -0.4 is 15.4 Å². The van der Waals surface area contributed by atoms with Crippen LogP contribution in [0.5, 0.6) is 6.01 Å². The van der Waals surface area contributed by atoms with Crippen LogP contribution in [-0.2, 0) is 0 Å². The summed E-state index contributed by atoms with van der Waals surface area (Å²) in [4.78, 5) is 17.0. The van der Waals surface area contributed by atoms with Crippen molar-refractivity contribution in [1.29, 1.82) is 0 Å². The largest absolute Gasteiger partial charge is 0.461 e. The number of alkyl halides is 1. The molecule has 5 heterocycles. The molecule has 0 radical (unpaired) electrons. The van der Waals surface area contributed by atoms with E-state index in [9.17, 15) is 13.2 Å². The Hall–Kier alpha value is -3.22. The highest BCUT2D eigenvalue weighted by atomic mass is 35.5. The summed E-state index contributed by atoms with van der Waals surface area (Å²) in [5, 5.41) is 0.438. The van der Waals surface area contributed by atoms with E-state index >= 15 is 4.39 Å². The summed E-state index contributed by atoms with van der Waals surface area (Å²) < 4.78 is 66.0. The predicted octanol–water partition coefficient (Wildman–Crippen LogP) is 6.44. The lowest BCUT2D eigenvalue weighted by Crippen LogP contribution is -2.43. The van der Waals surface area contributed by atoms with Gasteiger partial charge >= 0.3 is 6.01 Å². The van der Waals surface area contributed by atoms with E-state index < -0.39 is 23.3 Å². The number of nitrogen functional groups attached to an aromatic ring is 1. The lowest BCUT2D eigenvalue weighted by atomic mass is 9.95. The van der Waals surface area contributed by atoms with E-state index in [1.54, 1.807) is 4.90 Å². The Labute approximate surface area is 241 Å². The van der Waals surface area contributed by atoms with Crippen LogP contribution in [0.2, 0.25) is 5.02 Å². The second-order valence-corrected chi connectivity index (χ2v) is 12.3. The molecule has 13 heteroatoms. The zero-order valence-electron chi connectivity index (χ0n) is 21.8. The number of hydrogen-bond acceptors (Lipinski definition) is 8. The number of rotatable bonds is 5. The first-order valence-corrected chi connectivity index (χ1v) is 14.6. The molecule has 2 fully saturated rings. The minimum Gasteiger partial charge on any atom is -0.461 e. The summed E-state index contributed by atoms with van der Waals surface area (Å²) in [6.07, 6.45) is 3.07. The van der Waals surface area contributed by atoms with Gasteiger partial charge < -0.3 is 15.4 Å². The molecule has 7 nitrogen and oxygen atoms in total. The molecule has 0 saturated carbocycles. The maximum atomic E-state index is 16.5. The molecule has 3 aliphatic rings. The summed E-state index contributed by atoms with van der Waals surface area (Å²) in [5.41, 5.74) is 5.71. The third kappa shape index (κ3) is 4.47. The fraction of sp³-hybridized carbons (Fsp3) is 0.393. The molecule has 0 aliphatic carbocycles. The second-order valence-electron chi connectivity index (χ2n) is 10.8. The summed E-state index contributed by atoms with van der Waals surface area (Å²) in [6, 6.07) is 4.04. The number of nitrogens with two attached hydrogens (primary N) is 1. The summed E-state index contributed by atoms with van der Waals surface area (Å²) >= 11 is 7.62. The van der Waals surface area contributed by atoms with E-state index in [2.05, 4.69) is 19.9 Å². The molecule has 2 atom stereocenters. The molecular weight excluding hydrogens is 580 g/mol. The number of fused-ring (bicyclic) bond motifs is 3. The Balaban J connectivity index is 1.37. The van der Waals surface area contributed by atoms with Crippen LogP contribution in [0, 0.1) is 11.6 Å². The maximum Gasteiger partial charge on any atom is 0.319 e. The molecule has 2 aromatic heterocycles. The molecule has 2 unspecified atom stereocenters. The van der Waals surface area contributed by atoms with Crippen molar-refractivity contribution in [1.82, 2.24) is 19.9 Å². The summed E-state index contributed by atoms with van der Waals surface area (Å²) in [7, 11) is 0. The zero-order chi connectivity index (χ0) is 28.5. The minimum absolute atomic E-state index is 0.0218. The van der Waals surface area contributed by atoms with Crippen LogP contribution in [0.25, 0.3) is 32.2 Å². The van der Waals surface area contributed by atoms with Gasteiger partial charge in [0, 0.05) is 36.0 Å². The number of nitrogens with zero attached hydrogens (tertiary/aromatic N) is 5. The van der Waals surface area contributed by atoms with Crippen LogP contribution in [0.1, 0.15) is 25.7 Å². The van der Waals surface area contributed by atoms with Gasteiger partial charge in [0.15, 0.2) is 10.9 Å². The Morgan fingerprint density at radius 1 is 1.15 bits per heavy atom. The van der Waals surface area contributed by atoms with Gasteiger partial charge in [0.1, 0.15) is 35.8 Å². The quantitative estimate of drug-likeness (QED) is 0.263. The van der Waals surface area contributed by atoms with Crippen LogP contribution >= 0.6 is 22.9 Å². The molecule has 2 aromatic carbocycles.